The van der Waals surface area contributed by atoms with Gasteiger partial charge in [0.15, 0.2) is 0 Å². The predicted octanol–water partition coefficient (Wildman–Crippen LogP) is 0.126. The predicted molar refractivity (Wildman–Crippen MR) is 77.5 cm³/mol. The molecule has 0 spiro atoms. The fourth-order valence-electron chi connectivity index (χ4n) is 2.38. The number of piperazine rings is 1. The molecule has 0 amide bonds. The number of pyridine rings is 1. The maximum absolute atomic E-state index is 10.2. The first kappa shape index (κ1) is 14.2. The maximum Gasteiger partial charge on any atom is 0.128 e. The molecule has 0 aliphatic carbocycles. The van der Waals surface area contributed by atoms with Crippen molar-refractivity contribution in [3.05, 3.63) is 24.4 Å². The molecule has 1 N–H and O–H groups in total. The summed E-state index contributed by atoms with van der Waals surface area (Å²) in [5.74, 6) is 0.903. The topological polar surface area (TPSA) is 42.8 Å². The number of nitrogens with zero attached hydrogens (tertiary/aromatic N) is 4. The Labute approximate surface area is 115 Å². The van der Waals surface area contributed by atoms with E-state index in [1.165, 1.54) is 0 Å². The molecule has 0 radical (unpaired) electrons. The zero-order valence-electron chi connectivity index (χ0n) is 11.9. The highest BCUT2D eigenvalue weighted by Crippen LogP contribution is 2.08. The molecule has 0 aromatic carbocycles. The summed E-state index contributed by atoms with van der Waals surface area (Å²) in [7, 11) is 4.11. The zero-order valence-corrected chi connectivity index (χ0v) is 11.9. The maximum atomic E-state index is 10.2. The Morgan fingerprint density at radius 3 is 2.68 bits per heavy atom. The number of hydrogen-bond acceptors (Lipinski definition) is 5. The Hall–Kier alpha value is -1.17. The SMILES string of the molecule is CN1CCN(CC(O)CN(C)c2ccccn2)CC1. The van der Waals surface area contributed by atoms with E-state index in [0.29, 0.717) is 6.54 Å². The minimum atomic E-state index is -0.338. The first-order valence-electron chi connectivity index (χ1n) is 6.86. The number of anilines is 1. The third-order valence-electron chi connectivity index (χ3n) is 3.59. The molecule has 19 heavy (non-hydrogen) atoms. The molecule has 0 saturated carbocycles. The summed E-state index contributed by atoms with van der Waals surface area (Å²) in [5.41, 5.74) is 0. The Morgan fingerprint density at radius 1 is 1.32 bits per heavy atom. The van der Waals surface area contributed by atoms with Crippen molar-refractivity contribution in [2.75, 3.05) is 58.3 Å². The van der Waals surface area contributed by atoms with Gasteiger partial charge in [-0.05, 0) is 19.2 Å². The van der Waals surface area contributed by atoms with Crippen LogP contribution in [0.3, 0.4) is 0 Å². The normalized spacial score (nSPS) is 19.3. The van der Waals surface area contributed by atoms with Crippen molar-refractivity contribution in [1.82, 2.24) is 14.8 Å². The van der Waals surface area contributed by atoms with Crippen LogP contribution in [0.5, 0.6) is 0 Å². The fraction of sp³-hybridized carbons (Fsp3) is 0.643. The van der Waals surface area contributed by atoms with Gasteiger partial charge < -0.3 is 14.9 Å². The van der Waals surface area contributed by atoms with Gasteiger partial charge in [-0.15, -0.1) is 0 Å². The van der Waals surface area contributed by atoms with Crippen LogP contribution in [0.2, 0.25) is 0 Å². The quantitative estimate of drug-likeness (QED) is 0.818. The van der Waals surface area contributed by atoms with Gasteiger partial charge in [0.2, 0.25) is 0 Å². The van der Waals surface area contributed by atoms with Gasteiger partial charge >= 0.3 is 0 Å². The van der Waals surface area contributed by atoms with Crippen LogP contribution in [0, 0.1) is 0 Å². The second kappa shape index (κ2) is 6.84. The van der Waals surface area contributed by atoms with Crippen molar-refractivity contribution in [1.29, 1.82) is 0 Å². The Balaban J connectivity index is 1.76. The molecule has 5 nitrogen and oxygen atoms in total. The van der Waals surface area contributed by atoms with Gasteiger partial charge in [0.1, 0.15) is 5.82 Å². The molecule has 1 aromatic heterocycles. The van der Waals surface area contributed by atoms with E-state index >= 15 is 0 Å². The van der Waals surface area contributed by atoms with Crippen molar-refractivity contribution in [2.24, 2.45) is 0 Å². The van der Waals surface area contributed by atoms with Crippen molar-refractivity contribution < 1.29 is 5.11 Å². The van der Waals surface area contributed by atoms with E-state index in [4.69, 9.17) is 0 Å². The van der Waals surface area contributed by atoms with E-state index in [0.717, 1.165) is 38.5 Å². The molecule has 1 aromatic rings. The highest BCUT2D eigenvalue weighted by atomic mass is 16.3. The second-order valence-electron chi connectivity index (χ2n) is 5.33. The van der Waals surface area contributed by atoms with Gasteiger partial charge in [0.25, 0.3) is 0 Å². The van der Waals surface area contributed by atoms with E-state index in [-0.39, 0.29) is 6.10 Å². The summed E-state index contributed by atoms with van der Waals surface area (Å²) in [6.45, 7) is 5.61. The molecule has 106 valence electrons. The summed E-state index contributed by atoms with van der Waals surface area (Å²) in [6.07, 6.45) is 1.44. The Kier molecular flexibility index (Phi) is 5.13. The monoisotopic (exact) mass is 264 g/mol. The van der Waals surface area contributed by atoms with E-state index in [9.17, 15) is 5.11 Å². The van der Waals surface area contributed by atoms with E-state index < -0.39 is 0 Å². The van der Waals surface area contributed by atoms with Gasteiger partial charge in [-0.25, -0.2) is 4.98 Å². The number of β-amino-alcohol motifs (C(OH)–C–C–N with tert-alkyl or cyclic N) is 1. The molecule has 5 heteroatoms. The standard InChI is InChI=1S/C14H24N4O/c1-16-7-9-18(10-8-16)12-13(19)11-17(2)14-5-3-4-6-15-14/h3-6,13,19H,7-12H2,1-2H3. The van der Waals surface area contributed by atoms with Crippen molar-refractivity contribution in [2.45, 2.75) is 6.10 Å². The molecule has 2 heterocycles. The molecule has 1 aliphatic heterocycles. The molecule has 1 fully saturated rings. The van der Waals surface area contributed by atoms with Crippen LogP contribution in [0.1, 0.15) is 0 Å². The first-order valence-corrected chi connectivity index (χ1v) is 6.86. The number of rotatable bonds is 5. The van der Waals surface area contributed by atoms with Gasteiger partial charge in [0.05, 0.1) is 6.10 Å². The van der Waals surface area contributed by atoms with Crippen LogP contribution < -0.4 is 4.90 Å². The number of aliphatic hydroxyl groups is 1. The number of aliphatic hydroxyl groups excluding tert-OH is 1. The lowest BCUT2D eigenvalue weighted by atomic mass is 10.2. The summed E-state index contributed by atoms with van der Waals surface area (Å²) in [4.78, 5) is 10.9. The van der Waals surface area contributed by atoms with Crippen LogP contribution in [0.4, 0.5) is 5.82 Å². The van der Waals surface area contributed by atoms with Crippen molar-refractivity contribution in [3.8, 4) is 0 Å². The molecule has 0 bridgehead atoms. The summed E-state index contributed by atoms with van der Waals surface area (Å²) >= 11 is 0. The Morgan fingerprint density at radius 2 is 2.05 bits per heavy atom. The van der Waals surface area contributed by atoms with Crippen molar-refractivity contribution >= 4 is 5.82 Å². The van der Waals surface area contributed by atoms with Crippen LogP contribution in [0.15, 0.2) is 24.4 Å². The summed E-state index contributed by atoms with van der Waals surface area (Å²) in [6, 6.07) is 5.83. The van der Waals surface area contributed by atoms with E-state index in [2.05, 4.69) is 21.8 Å². The summed E-state index contributed by atoms with van der Waals surface area (Å²) < 4.78 is 0. The number of aromatic nitrogens is 1. The molecule has 1 atom stereocenters. The lowest BCUT2D eigenvalue weighted by molar-refractivity contribution is 0.0842. The van der Waals surface area contributed by atoms with Crippen LogP contribution in [0.25, 0.3) is 0 Å². The highest BCUT2D eigenvalue weighted by molar-refractivity contribution is 5.36. The third-order valence-corrected chi connectivity index (χ3v) is 3.59. The molecular weight excluding hydrogens is 240 g/mol. The zero-order chi connectivity index (χ0) is 13.7. The van der Waals surface area contributed by atoms with E-state index in [1.54, 1.807) is 6.20 Å². The number of likely N-dealkylation sites (N-methyl/N-ethyl adjacent to an activating group) is 2. The highest BCUT2D eigenvalue weighted by Gasteiger charge is 2.18. The van der Waals surface area contributed by atoms with Gasteiger partial charge in [-0.1, -0.05) is 6.07 Å². The van der Waals surface area contributed by atoms with Gasteiger partial charge in [-0.2, -0.15) is 0 Å². The second-order valence-corrected chi connectivity index (χ2v) is 5.33. The molecule has 1 unspecified atom stereocenters. The largest absolute Gasteiger partial charge is 0.390 e. The first-order chi connectivity index (χ1) is 9.15. The molecule has 1 saturated heterocycles. The smallest absolute Gasteiger partial charge is 0.128 e. The Bertz CT molecular complexity index is 365. The average Bonchev–Trinajstić information content (AvgIpc) is 2.42. The van der Waals surface area contributed by atoms with Crippen molar-refractivity contribution in [3.63, 3.8) is 0 Å². The van der Waals surface area contributed by atoms with Crippen LogP contribution >= 0.6 is 0 Å². The molecule has 1 aliphatic rings. The minimum absolute atomic E-state index is 0.338. The van der Waals surface area contributed by atoms with Crippen LogP contribution in [-0.4, -0.2) is 79.4 Å². The lowest BCUT2D eigenvalue weighted by Gasteiger charge is -2.34. The fourth-order valence-corrected chi connectivity index (χ4v) is 2.38. The average molecular weight is 264 g/mol. The van der Waals surface area contributed by atoms with Gasteiger partial charge in [0, 0.05) is 52.5 Å². The third kappa shape index (κ3) is 4.45. The van der Waals surface area contributed by atoms with Crippen LogP contribution in [-0.2, 0) is 0 Å². The van der Waals surface area contributed by atoms with E-state index in [1.807, 2.05) is 30.1 Å². The van der Waals surface area contributed by atoms with Gasteiger partial charge in [-0.3, -0.25) is 4.90 Å². The lowest BCUT2D eigenvalue weighted by Crippen LogP contribution is -2.48. The molecular formula is C14H24N4O. The minimum Gasteiger partial charge on any atom is -0.390 e. The number of hydrogen-bond donors (Lipinski definition) is 1. The molecule has 2 rings (SSSR count). The summed E-state index contributed by atoms with van der Waals surface area (Å²) in [5, 5.41) is 10.2.